The minimum Gasteiger partial charge on any atom is -0.481 e. The molecule has 0 unspecified atom stereocenters. The summed E-state index contributed by atoms with van der Waals surface area (Å²) in [6.45, 7) is 10.2. The molecule has 54 heavy (non-hydrogen) atoms. The van der Waals surface area contributed by atoms with Gasteiger partial charge in [-0.1, -0.05) is 84.2 Å². The molecule has 8 atom stereocenters. The average molecular weight is 756 g/mol. The van der Waals surface area contributed by atoms with Gasteiger partial charge in [-0.3, -0.25) is 24.0 Å². The van der Waals surface area contributed by atoms with E-state index in [-0.39, 0.29) is 84.9 Å². The number of carboxylic acids is 1. The van der Waals surface area contributed by atoms with E-state index in [1.807, 2.05) is 70.0 Å². The molecule has 3 rings (SSSR count). The van der Waals surface area contributed by atoms with Gasteiger partial charge in [-0.05, 0) is 62.5 Å². The second-order valence-electron chi connectivity index (χ2n) is 16.5. The highest BCUT2D eigenvalue weighted by atomic mass is 16.5. The number of nitrogens with one attached hydrogen (secondary N) is 1. The van der Waals surface area contributed by atoms with Gasteiger partial charge in [0.05, 0.1) is 42.7 Å². The van der Waals surface area contributed by atoms with E-state index in [1.54, 1.807) is 33.1 Å². The summed E-state index contributed by atoms with van der Waals surface area (Å²) in [4.78, 5) is 71.5. The fraction of sp³-hybridized carbons (Fsp3) is 0.744. The molecule has 1 aliphatic heterocycles. The Kier molecular flexibility index (Phi) is 18.3. The summed E-state index contributed by atoms with van der Waals surface area (Å²) in [5.41, 5.74) is 0.856. The molecule has 1 saturated heterocycles. The van der Waals surface area contributed by atoms with Crippen molar-refractivity contribution in [2.24, 2.45) is 35.5 Å². The second kappa shape index (κ2) is 21.8. The summed E-state index contributed by atoms with van der Waals surface area (Å²) in [7, 11) is 6.73. The van der Waals surface area contributed by atoms with Gasteiger partial charge in [-0.15, -0.1) is 0 Å². The summed E-state index contributed by atoms with van der Waals surface area (Å²) >= 11 is 0. The number of carboxylic acid groups (broad SMARTS) is 1. The highest BCUT2D eigenvalue weighted by Crippen LogP contribution is 2.35. The van der Waals surface area contributed by atoms with Crippen molar-refractivity contribution in [1.29, 1.82) is 0 Å². The van der Waals surface area contributed by atoms with Crippen molar-refractivity contribution in [2.75, 3.05) is 34.9 Å². The molecule has 1 aromatic carbocycles. The van der Waals surface area contributed by atoms with Crippen LogP contribution in [0.25, 0.3) is 0 Å². The van der Waals surface area contributed by atoms with Crippen molar-refractivity contribution in [3.05, 3.63) is 35.9 Å². The van der Waals surface area contributed by atoms with Crippen LogP contribution < -0.4 is 5.32 Å². The van der Waals surface area contributed by atoms with Crippen LogP contribution in [0.5, 0.6) is 0 Å². The number of Topliss-reactive ketones (excluding diaryl/α,β-unsaturated/α-hetero) is 2. The number of rotatable bonds is 22. The Balaban J connectivity index is 1.81. The standard InChI is InChI=1S/C43H69N3O8/c1-27(2)33(25-36(48)39(44-6)28(3)4)42(50)45(7)40(31-19-14-11-15-20-31)37(53-8)26-38(49)46-22-16-21-34(46)41(54-9)29(5)35(47)24-32(43(51)52)23-30-17-12-10-13-18-30/h10,12-13,17-18,27-29,31-34,37,39-41,44H,11,14-16,19-26H2,1-9H3,(H,51,52)/t29-,32+,33-,34-,37+,39-,40-,41+/m0/s1. The third-order valence-corrected chi connectivity index (χ3v) is 12.2. The van der Waals surface area contributed by atoms with Crippen LogP contribution in [0.4, 0.5) is 0 Å². The molecule has 0 radical (unpaired) electrons. The van der Waals surface area contributed by atoms with Crippen molar-refractivity contribution < 1.29 is 38.6 Å². The number of carbonyl (C=O) groups is 5. The largest absolute Gasteiger partial charge is 0.481 e. The van der Waals surface area contributed by atoms with Crippen LogP contribution in [0.15, 0.2) is 30.3 Å². The normalized spacial score (nSPS) is 20.6. The Morgan fingerprint density at radius 2 is 1.50 bits per heavy atom. The Morgan fingerprint density at radius 1 is 0.852 bits per heavy atom. The van der Waals surface area contributed by atoms with Crippen molar-refractivity contribution in [3.63, 3.8) is 0 Å². The quantitative estimate of drug-likeness (QED) is 0.150. The lowest BCUT2D eigenvalue weighted by Crippen LogP contribution is -2.55. The van der Waals surface area contributed by atoms with Crippen molar-refractivity contribution >= 4 is 29.4 Å². The molecule has 0 spiro atoms. The molecule has 304 valence electrons. The topological polar surface area (TPSA) is 143 Å². The zero-order valence-corrected chi connectivity index (χ0v) is 34.4. The Hall–Kier alpha value is -3.15. The Morgan fingerprint density at radius 3 is 2.04 bits per heavy atom. The molecule has 2 amide bonds. The molecule has 1 aliphatic carbocycles. The zero-order valence-electron chi connectivity index (χ0n) is 34.4. The number of nitrogens with zero attached hydrogens (tertiary/aromatic N) is 2. The van der Waals surface area contributed by atoms with E-state index in [9.17, 15) is 29.1 Å². The number of amides is 2. The van der Waals surface area contributed by atoms with Gasteiger partial charge >= 0.3 is 5.97 Å². The number of methoxy groups -OCH3 is 2. The maximum absolute atomic E-state index is 14.4. The van der Waals surface area contributed by atoms with Crippen LogP contribution in [0, 0.1) is 35.5 Å². The fourth-order valence-electron chi connectivity index (χ4n) is 9.10. The Bertz CT molecular complexity index is 1360. The molecule has 0 bridgehead atoms. The monoisotopic (exact) mass is 756 g/mol. The number of ketones is 2. The van der Waals surface area contributed by atoms with Crippen LogP contribution in [0.3, 0.4) is 0 Å². The molecule has 11 heteroatoms. The lowest BCUT2D eigenvalue weighted by molar-refractivity contribution is -0.150. The van der Waals surface area contributed by atoms with Gasteiger partial charge in [-0.25, -0.2) is 0 Å². The van der Waals surface area contributed by atoms with E-state index in [0.29, 0.717) is 13.0 Å². The van der Waals surface area contributed by atoms with Gasteiger partial charge in [0.2, 0.25) is 11.8 Å². The first-order valence-electron chi connectivity index (χ1n) is 20.3. The summed E-state index contributed by atoms with van der Waals surface area (Å²) in [5.74, 6) is -3.24. The van der Waals surface area contributed by atoms with Crippen LogP contribution in [0.2, 0.25) is 0 Å². The lowest BCUT2D eigenvalue weighted by Gasteiger charge is -2.43. The van der Waals surface area contributed by atoms with E-state index in [1.165, 1.54) is 0 Å². The van der Waals surface area contributed by atoms with E-state index in [4.69, 9.17) is 9.47 Å². The van der Waals surface area contributed by atoms with Gasteiger partial charge < -0.3 is 29.7 Å². The van der Waals surface area contributed by atoms with Gasteiger partial charge in [-0.2, -0.15) is 0 Å². The summed E-state index contributed by atoms with van der Waals surface area (Å²) < 4.78 is 12.1. The summed E-state index contributed by atoms with van der Waals surface area (Å²) in [6, 6.07) is 8.25. The third-order valence-electron chi connectivity index (χ3n) is 12.2. The van der Waals surface area contributed by atoms with E-state index in [0.717, 1.165) is 44.1 Å². The SMILES string of the molecule is CN[C@H](C(=O)C[C@H](C(=O)N(C)[C@@H](C1CCCCC1)[C@@H](CC(=O)N1CCC[C@H]1[C@H](OC)[C@@H](C)C(=O)C[C@@H](Cc1ccccc1)C(=O)O)OC)C(C)C)C(C)C. The van der Waals surface area contributed by atoms with E-state index < -0.39 is 35.9 Å². The van der Waals surface area contributed by atoms with Gasteiger partial charge in [0.25, 0.3) is 0 Å². The van der Waals surface area contributed by atoms with Crippen molar-refractivity contribution in [1.82, 2.24) is 15.1 Å². The maximum atomic E-state index is 14.4. The first-order chi connectivity index (χ1) is 25.7. The number of likely N-dealkylation sites (N-methyl/N-ethyl adjacent to an activating group) is 2. The second-order valence-corrected chi connectivity index (χ2v) is 16.5. The number of benzene rings is 1. The summed E-state index contributed by atoms with van der Waals surface area (Å²) in [6.07, 6.45) is 5.62. The van der Waals surface area contributed by atoms with Crippen molar-refractivity contribution in [3.8, 4) is 0 Å². The van der Waals surface area contributed by atoms with Gasteiger partial charge in [0.15, 0.2) is 5.78 Å². The van der Waals surface area contributed by atoms with Gasteiger partial charge in [0.1, 0.15) is 5.78 Å². The Labute approximate surface area is 324 Å². The molecule has 1 saturated carbocycles. The number of hydrogen-bond acceptors (Lipinski definition) is 8. The smallest absolute Gasteiger partial charge is 0.307 e. The molecule has 2 N–H and O–H groups in total. The van der Waals surface area contributed by atoms with E-state index in [2.05, 4.69) is 5.32 Å². The molecule has 1 heterocycles. The molecule has 2 fully saturated rings. The molecule has 2 aliphatic rings. The molecule has 0 aromatic heterocycles. The number of aliphatic carboxylic acids is 1. The molecule has 11 nitrogen and oxygen atoms in total. The average Bonchev–Trinajstić information content (AvgIpc) is 3.63. The molecular formula is C43H69N3O8. The van der Waals surface area contributed by atoms with Crippen molar-refractivity contribution in [2.45, 2.75) is 136 Å². The highest BCUT2D eigenvalue weighted by Gasteiger charge is 2.44. The predicted molar refractivity (Wildman–Crippen MR) is 210 cm³/mol. The maximum Gasteiger partial charge on any atom is 0.307 e. The minimum atomic E-state index is -1.02. The van der Waals surface area contributed by atoms with Crippen LogP contribution in [-0.4, -0.2) is 109 Å². The van der Waals surface area contributed by atoms with Crippen LogP contribution in [-0.2, 0) is 39.9 Å². The lowest BCUT2D eigenvalue weighted by atomic mass is 9.79. The summed E-state index contributed by atoms with van der Waals surface area (Å²) in [5, 5.41) is 13.1. The minimum absolute atomic E-state index is 0.0239. The zero-order chi connectivity index (χ0) is 40.1. The third kappa shape index (κ3) is 11.9. The van der Waals surface area contributed by atoms with Gasteiger partial charge in [0, 0.05) is 52.5 Å². The van der Waals surface area contributed by atoms with Crippen LogP contribution in [0.1, 0.15) is 104 Å². The number of ether oxygens (including phenoxy) is 2. The number of carbonyl (C=O) groups excluding carboxylic acids is 4. The highest BCUT2D eigenvalue weighted by molar-refractivity contribution is 5.90. The molecular weight excluding hydrogens is 686 g/mol. The number of likely N-dealkylation sites (tertiary alicyclic amines) is 1. The van der Waals surface area contributed by atoms with E-state index >= 15 is 0 Å². The molecule has 1 aromatic rings. The predicted octanol–water partition coefficient (Wildman–Crippen LogP) is 5.82. The first-order valence-corrected chi connectivity index (χ1v) is 20.3. The first kappa shape index (κ1) is 45.2. The fourth-order valence-corrected chi connectivity index (χ4v) is 9.10. The number of hydrogen-bond donors (Lipinski definition) is 2. The van der Waals surface area contributed by atoms with Crippen LogP contribution >= 0.6 is 0 Å².